The van der Waals surface area contributed by atoms with Crippen LogP contribution >= 0.6 is 12.4 Å². The SMILES string of the molecule is CN(CCC(=O)N1CCNCC1)CC(=O)Nc1ccccc1.Cl. The van der Waals surface area contributed by atoms with Gasteiger partial charge in [-0.3, -0.25) is 14.5 Å². The van der Waals surface area contributed by atoms with Crippen LogP contribution in [0.3, 0.4) is 0 Å². The molecule has 0 radical (unpaired) electrons. The highest BCUT2D eigenvalue weighted by atomic mass is 35.5. The lowest BCUT2D eigenvalue weighted by molar-refractivity contribution is -0.132. The molecule has 1 fully saturated rings. The topological polar surface area (TPSA) is 64.7 Å². The van der Waals surface area contributed by atoms with Crippen LogP contribution < -0.4 is 10.6 Å². The van der Waals surface area contributed by atoms with Crippen LogP contribution in [0, 0.1) is 0 Å². The number of rotatable bonds is 6. The Morgan fingerprint density at radius 2 is 1.87 bits per heavy atom. The quantitative estimate of drug-likeness (QED) is 0.804. The van der Waals surface area contributed by atoms with Crippen molar-refractivity contribution in [3.63, 3.8) is 0 Å². The fourth-order valence-electron chi connectivity index (χ4n) is 2.41. The number of para-hydroxylation sites is 1. The van der Waals surface area contributed by atoms with E-state index in [0.29, 0.717) is 13.0 Å². The molecule has 0 spiro atoms. The van der Waals surface area contributed by atoms with Crippen molar-refractivity contribution in [1.29, 1.82) is 0 Å². The zero-order valence-electron chi connectivity index (χ0n) is 13.5. The van der Waals surface area contributed by atoms with Gasteiger partial charge in [0.15, 0.2) is 0 Å². The van der Waals surface area contributed by atoms with E-state index in [9.17, 15) is 9.59 Å². The number of halogens is 1. The summed E-state index contributed by atoms with van der Waals surface area (Å²) in [5, 5.41) is 6.07. The first-order valence-corrected chi connectivity index (χ1v) is 7.67. The molecule has 1 aliphatic heterocycles. The van der Waals surface area contributed by atoms with E-state index in [2.05, 4.69) is 10.6 Å². The lowest BCUT2D eigenvalue weighted by Gasteiger charge is -2.28. The summed E-state index contributed by atoms with van der Waals surface area (Å²) in [6.45, 7) is 4.14. The summed E-state index contributed by atoms with van der Waals surface area (Å²) in [5.74, 6) is 0.0974. The number of carbonyl (C=O) groups is 2. The minimum atomic E-state index is -0.0664. The minimum Gasteiger partial charge on any atom is -0.340 e. The number of nitrogens with one attached hydrogen (secondary N) is 2. The highest BCUT2D eigenvalue weighted by Crippen LogP contribution is 2.05. The molecule has 2 N–H and O–H groups in total. The van der Waals surface area contributed by atoms with E-state index >= 15 is 0 Å². The summed E-state index contributed by atoms with van der Waals surface area (Å²) >= 11 is 0. The standard InChI is InChI=1S/C16H24N4O2.ClH/c1-19(10-7-16(22)20-11-8-17-9-12-20)13-15(21)18-14-5-3-2-4-6-14;/h2-6,17H,7-13H2,1H3,(H,18,21);1H. The van der Waals surface area contributed by atoms with Gasteiger partial charge < -0.3 is 15.5 Å². The van der Waals surface area contributed by atoms with Gasteiger partial charge in [0, 0.05) is 44.8 Å². The number of likely N-dealkylation sites (N-methyl/N-ethyl adjacent to an activating group) is 1. The van der Waals surface area contributed by atoms with Gasteiger partial charge in [-0.05, 0) is 19.2 Å². The second-order valence-electron chi connectivity index (χ2n) is 5.53. The Hall–Kier alpha value is -1.63. The molecule has 2 rings (SSSR count). The Kier molecular flexibility index (Phi) is 8.61. The average Bonchev–Trinajstić information content (AvgIpc) is 2.54. The first-order chi connectivity index (χ1) is 10.6. The van der Waals surface area contributed by atoms with E-state index in [1.807, 2.05) is 47.2 Å². The Labute approximate surface area is 143 Å². The van der Waals surface area contributed by atoms with E-state index in [0.717, 1.165) is 31.9 Å². The molecular formula is C16H25ClN4O2. The van der Waals surface area contributed by atoms with Gasteiger partial charge in [-0.15, -0.1) is 12.4 Å². The molecule has 0 aliphatic carbocycles. The molecule has 0 bridgehead atoms. The first-order valence-electron chi connectivity index (χ1n) is 7.67. The van der Waals surface area contributed by atoms with Crippen LogP contribution in [0.1, 0.15) is 6.42 Å². The number of nitrogens with zero attached hydrogens (tertiary/aromatic N) is 2. The number of piperazine rings is 1. The van der Waals surface area contributed by atoms with E-state index in [1.165, 1.54) is 0 Å². The summed E-state index contributed by atoms with van der Waals surface area (Å²) in [6, 6.07) is 9.37. The molecule has 1 aromatic rings. The summed E-state index contributed by atoms with van der Waals surface area (Å²) in [7, 11) is 1.86. The van der Waals surface area contributed by atoms with Gasteiger partial charge in [0.25, 0.3) is 0 Å². The van der Waals surface area contributed by atoms with Crippen LogP contribution in [0.4, 0.5) is 5.69 Å². The maximum Gasteiger partial charge on any atom is 0.238 e. The first kappa shape index (κ1) is 19.4. The van der Waals surface area contributed by atoms with Crippen molar-refractivity contribution >= 4 is 29.9 Å². The molecule has 1 aromatic carbocycles. The van der Waals surface area contributed by atoms with Crippen LogP contribution in [0.5, 0.6) is 0 Å². The number of amides is 2. The van der Waals surface area contributed by atoms with Gasteiger partial charge in [0.2, 0.25) is 11.8 Å². The van der Waals surface area contributed by atoms with Crippen molar-refractivity contribution in [1.82, 2.24) is 15.1 Å². The smallest absolute Gasteiger partial charge is 0.238 e. The maximum atomic E-state index is 12.1. The van der Waals surface area contributed by atoms with Gasteiger partial charge in [-0.2, -0.15) is 0 Å². The van der Waals surface area contributed by atoms with Crippen molar-refractivity contribution in [2.75, 3.05) is 51.6 Å². The van der Waals surface area contributed by atoms with Crippen LogP contribution in [0.15, 0.2) is 30.3 Å². The van der Waals surface area contributed by atoms with Gasteiger partial charge in [0.1, 0.15) is 0 Å². The summed E-state index contributed by atoms with van der Waals surface area (Å²) in [5.41, 5.74) is 0.790. The molecule has 7 heteroatoms. The van der Waals surface area contributed by atoms with E-state index in [-0.39, 0.29) is 30.8 Å². The number of benzene rings is 1. The number of anilines is 1. The predicted molar refractivity (Wildman–Crippen MR) is 93.9 cm³/mol. The summed E-state index contributed by atoms with van der Waals surface area (Å²) in [6.07, 6.45) is 0.453. The molecule has 2 amide bonds. The zero-order valence-corrected chi connectivity index (χ0v) is 14.3. The van der Waals surface area contributed by atoms with Crippen molar-refractivity contribution in [3.8, 4) is 0 Å². The maximum absolute atomic E-state index is 12.1. The molecule has 0 aromatic heterocycles. The Bertz CT molecular complexity index is 492. The van der Waals surface area contributed by atoms with Crippen molar-refractivity contribution < 1.29 is 9.59 Å². The molecule has 0 saturated carbocycles. The fourth-order valence-corrected chi connectivity index (χ4v) is 2.41. The normalized spacial score (nSPS) is 14.3. The fraction of sp³-hybridized carbons (Fsp3) is 0.500. The van der Waals surface area contributed by atoms with Crippen LogP contribution in [-0.4, -0.2) is 67.9 Å². The molecular weight excluding hydrogens is 316 g/mol. The van der Waals surface area contributed by atoms with Crippen LogP contribution in [0.25, 0.3) is 0 Å². The largest absolute Gasteiger partial charge is 0.340 e. The van der Waals surface area contributed by atoms with Crippen molar-refractivity contribution in [2.45, 2.75) is 6.42 Å². The highest BCUT2D eigenvalue weighted by molar-refractivity contribution is 5.92. The van der Waals surface area contributed by atoms with Gasteiger partial charge in [0.05, 0.1) is 6.54 Å². The lowest BCUT2D eigenvalue weighted by Crippen LogP contribution is -2.47. The molecule has 1 heterocycles. The number of hydrogen-bond donors (Lipinski definition) is 2. The lowest BCUT2D eigenvalue weighted by atomic mass is 10.3. The second-order valence-corrected chi connectivity index (χ2v) is 5.53. The third kappa shape index (κ3) is 6.99. The van der Waals surface area contributed by atoms with Crippen molar-refractivity contribution in [3.05, 3.63) is 30.3 Å². The van der Waals surface area contributed by atoms with E-state index in [4.69, 9.17) is 0 Å². The summed E-state index contributed by atoms with van der Waals surface area (Å²) < 4.78 is 0. The molecule has 128 valence electrons. The third-order valence-electron chi connectivity index (χ3n) is 3.65. The minimum absolute atomic E-state index is 0. The Morgan fingerprint density at radius 1 is 1.22 bits per heavy atom. The Balaban J connectivity index is 0.00000264. The molecule has 23 heavy (non-hydrogen) atoms. The van der Waals surface area contributed by atoms with E-state index < -0.39 is 0 Å². The number of carbonyl (C=O) groups excluding carboxylic acids is 2. The van der Waals surface area contributed by atoms with Gasteiger partial charge in [-0.25, -0.2) is 0 Å². The molecule has 0 atom stereocenters. The third-order valence-corrected chi connectivity index (χ3v) is 3.65. The summed E-state index contributed by atoms with van der Waals surface area (Å²) in [4.78, 5) is 27.7. The molecule has 6 nitrogen and oxygen atoms in total. The van der Waals surface area contributed by atoms with E-state index in [1.54, 1.807) is 0 Å². The van der Waals surface area contributed by atoms with Crippen LogP contribution in [0.2, 0.25) is 0 Å². The predicted octanol–water partition coefficient (Wildman–Crippen LogP) is 0.801. The van der Waals surface area contributed by atoms with Gasteiger partial charge >= 0.3 is 0 Å². The van der Waals surface area contributed by atoms with Gasteiger partial charge in [-0.1, -0.05) is 18.2 Å². The Morgan fingerprint density at radius 3 is 2.52 bits per heavy atom. The number of hydrogen-bond acceptors (Lipinski definition) is 4. The monoisotopic (exact) mass is 340 g/mol. The average molecular weight is 341 g/mol. The zero-order chi connectivity index (χ0) is 15.8. The van der Waals surface area contributed by atoms with Crippen LogP contribution in [-0.2, 0) is 9.59 Å². The molecule has 1 aliphatic rings. The van der Waals surface area contributed by atoms with Crippen molar-refractivity contribution in [2.24, 2.45) is 0 Å². The molecule has 1 saturated heterocycles. The molecule has 0 unspecified atom stereocenters. The second kappa shape index (κ2) is 10.2. The highest BCUT2D eigenvalue weighted by Gasteiger charge is 2.16.